The van der Waals surface area contributed by atoms with Gasteiger partial charge in [-0.25, -0.2) is 5.43 Å². The quantitative estimate of drug-likeness (QED) is 0.559. The van der Waals surface area contributed by atoms with Gasteiger partial charge in [0, 0.05) is 24.7 Å². The number of rotatable bonds is 8. The van der Waals surface area contributed by atoms with Gasteiger partial charge in [0.1, 0.15) is 5.75 Å². The highest BCUT2D eigenvalue weighted by atomic mass is 16.5. The van der Waals surface area contributed by atoms with E-state index in [4.69, 9.17) is 4.74 Å². The van der Waals surface area contributed by atoms with Crippen LogP contribution in [0.4, 0.5) is 0 Å². The van der Waals surface area contributed by atoms with E-state index in [1.165, 1.54) is 0 Å². The van der Waals surface area contributed by atoms with Crippen molar-refractivity contribution in [2.75, 3.05) is 7.11 Å². The molecule has 0 radical (unpaired) electrons. The smallest absolute Gasteiger partial charge is 0.244 e. The fourth-order valence-electron chi connectivity index (χ4n) is 2.16. The maximum atomic E-state index is 11.9. The van der Waals surface area contributed by atoms with Crippen molar-refractivity contribution in [3.63, 3.8) is 0 Å². The van der Waals surface area contributed by atoms with Crippen molar-refractivity contribution in [1.82, 2.24) is 15.7 Å². The van der Waals surface area contributed by atoms with Crippen LogP contribution in [0.25, 0.3) is 0 Å². The van der Waals surface area contributed by atoms with Crippen LogP contribution in [0.3, 0.4) is 0 Å². The summed E-state index contributed by atoms with van der Waals surface area (Å²) in [5.74, 6) is 0.324. The maximum Gasteiger partial charge on any atom is 0.244 e. The molecule has 1 aromatic heterocycles. The molecule has 0 unspecified atom stereocenters. The van der Waals surface area contributed by atoms with Gasteiger partial charge >= 0.3 is 0 Å². The number of carbonyl (C=O) groups excluding carboxylic acids is 2. The average molecular weight is 354 g/mol. The molecule has 0 aliphatic carbocycles. The van der Waals surface area contributed by atoms with Crippen LogP contribution in [0.2, 0.25) is 0 Å². The Morgan fingerprint density at radius 3 is 2.54 bits per heavy atom. The number of nitrogens with one attached hydrogen (secondary N) is 2. The predicted molar refractivity (Wildman–Crippen MR) is 98.7 cm³/mol. The molecule has 2 N–H and O–H groups in total. The van der Waals surface area contributed by atoms with E-state index in [-0.39, 0.29) is 24.7 Å². The second-order valence-electron chi connectivity index (χ2n) is 5.72. The van der Waals surface area contributed by atoms with Crippen molar-refractivity contribution < 1.29 is 14.3 Å². The second kappa shape index (κ2) is 9.93. The van der Waals surface area contributed by atoms with E-state index >= 15 is 0 Å². The Kier molecular flexibility index (Phi) is 7.30. The zero-order valence-electron chi connectivity index (χ0n) is 14.9. The lowest BCUT2D eigenvalue weighted by Crippen LogP contribution is -2.26. The molecule has 2 rings (SSSR count). The summed E-state index contributed by atoms with van der Waals surface area (Å²) in [6, 6.07) is 10.9. The summed E-state index contributed by atoms with van der Waals surface area (Å²) < 4.78 is 5.07. The first-order chi connectivity index (χ1) is 12.6. The molecule has 0 aliphatic rings. The van der Waals surface area contributed by atoms with Crippen LogP contribution in [-0.2, 0) is 22.6 Å². The fourth-order valence-corrected chi connectivity index (χ4v) is 2.16. The van der Waals surface area contributed by atoms with Crippen LogP contribution in [0, 0.1) is 0 Å². The molecule has 1 heterocycles. The van der Waals surface area contributed by atoms with Crippen molar-refractivity contribution in [3.05, 3.63) is 59.9 Å². The predicted octanol–water partition coefficient (Wildman–Crippen LogP) is 1.83. The molecule has 2 amide bonds. The zero-order valence-corrected chi connectivity index (χ0v) is 14.9. The summed E-state index contributed by atoms with van der Waals surface area (Å²) in [6.07, 6.45) is 3.69. The average Bonchev–Trinajstić information content (AvgIpc) is 2.66. The van der Waals surface area contributed by atoms with Gasteiger partial charge in [-0.2, -0.15) is 5.10 Å². The highest BCUT2D eigenvalue weighted by molar-refractivity contribution is 6.00. The number of aromatic nitrogens is 1. The largest absolute Gasteiger partial charge is 0.497 e. The highest BCUT2D eigenvalue weighted by Gasteiger charge is 2.06. The second-order valence-corrected chi connectivity index (χ2v) is 5.72. The summed E-state index contributed by atoms with van der Waals surface area (Å²) in [5.41, 5.74) is 4.76. The number of methoxy groups -OCH3 is 1. The Morgan fingerprint density at radius 2 is 1.88 bits per heavy atom. The third-order valence-electron chi connectivity index (χ3n) is 3.52. The SMILES string of the molecule is COc1ccc(CC(=O)N/N=C(\C)CC(=O)NCc2cccnc2)cc1. The van der Waals surface area contributed by atoms with Gasteiger partial charge in [0.25, 0.3) is 0 Å². The molecule has 0 atom stereocenters. The topological polar surface area (TPSA) is 92.7 Å². The molecule has 2 aromatic rings. The van der Waals surface area contributed by atoms with Gasteiger partial charge in [-0.15, -0.1) is 0 Å². The molecule has 0 saturated heterocycles. The van der Waals surface area contributed by atoms with Crippen molar-refractivity contribution in [2.45, 2.75) is 26.3 Å². The van der Waals surface area contributed by atoms with Crippen molar-refractivity contribution >= 4 is 17.5 Å². The number of nitrogens with zero attached hydrogens (tertiary/aromatic N) is 2. The Bertz CT molecular complexity index is 758. The van der Waals surface area contributed by atoms with Gasteiger partial charge in [-0.05, 0) is 36.2 Å². The summed E-state index contributed by atoms with van der Waals surface area (Å²) >= 11 is 0. The van der Waals surface area contributed by atoms with Gasteiger partial charge < -0.3 is 10.1 Å². The van der Waals surface area contributed by atoms with Crippen LogP contribution in [0.1, 0.15) is 24.5 Å². The molecular weight excluding hydrogens is 332 g/mol. The van der Waals surface area contributed by atoms with Crippen molar-refractivity contribution in [3.8, 4) is 5.75 Å². The summed E-state index contributed by atoms with van der Waals surface area (Å²) in [6.45, 7) is 2.10. The third-order valence-corrected chi connectivity index (χ3v) is 3.52. The number of hydrogen-bond donors (Lipinski definition) is 2. The van der Waals surface area contributed by atoms with Gasteiger partial charge in [-0.3, -0.25) is 14.6 Å². The number of pyridine rings is 1. The highest BCUT2D eigenvalue weighted by Crippen LogP contribution is 2.11. The van der Waals surface area contributed by atoms with E-state index < -0.39 is 0 Å². The molecule has 0 bridgehead atoms. The normalized spacial score (nSPS) is 10.9. The maximum absolute atomic E-state index is 11.9. The first kappa shape index (κ1) is 19.1. The van der Waals surface area contributed by atoms with E-state index in [9.17, 15) is 9.59 Å². The zero-order chi connectivity index (χ0) is 18.8. The first-order valence-corrected chi connectivity index (χ1v) is 8.17. The third kappa shape index (κ3) is 6.72. The molecule has 1 aromatic carbocycles. The Morgan fingerprint density at radius 1 is 1.12 bits per heavy atom. The minimum atomic E-state index is -0.245. The van der Waals surface area contributed by atoms with E-state index in [2.05, 4.69) is 20.8 Å². The molecule has 0 fully saturated rings. The van der Waals surface area contributed by atoms with E-state index in [1.54, 1.807) is 38.6 Å². The fraction of sp³-hybridized carbons (Fsp3) is 0.263. The van der Waals surface area contributed by atoms with E-state index in [0.717, 1.165) is 16.9 Å². The molecule has 0 spiro atoms. The van der Waals surface area contributed by atoms with Gasteiger partial charge in [-0.1, -0.05) is 18.2 Å². The summed E-state index contributed by atoms with van der Waals surface area (Å²) in [4.78, 5) is 27.8. The lowest BCUT2D eigenvalue weighted by atomic mass is 10.1. The molecule has 136 valence electrons. The molecule has 7 nitrogen and oxygen atoms in total. The first-order valence-electron chi connectivity index (χ1n) is 8.17. The number of ether oxygens (including phenoxy) is 1. The monoisotopic (exact) mass is 354 g/mol. The number of carbonyl (C=O) groups is 2. The van der Waals surface area contributed by atoms with Crippen LogP contribution < -0.4 is 15.5 Å². The lowest BCUT2D eigenvalue weighted by Gasteiger charge is -2.06. The number of benzene rings is 1. The minimum absolute atomic E-state index is 0.114. The van der Waals surface area contributed by atoms with Crippen LogP contribution in [-0.4, -0.2) is 29.6 Å². The van der Waals surface area contributed by atoms with Gasteiger partial charge in [0.2, 0.25) is 11.8 Å². The number of amides is 2. The van der Waals surface area contributed by atoms with Crippen LogP contribution >= 0.6 is 0 Å². The minimum Gasteiger partial charge on any atom is -0.497 e. The molecule has 0 saturated carbocycles. The number of hydrazone groups is 1. The van der Waals surface area contributed by atoms with E-state index in [0.29, 0.717) is 12.3 Å². The van der Waals surface area contributed by atoms with Crippen LogP contribution in [0.5, 0.6) is 5.75 Å². The van der Waals surface area contributed by atoms with Crippen LogP contribution in [0.15, 0.2) is 53.9 Å². The molecule has 7 heteroatoms. The molecular formula is C19H22N4O3. The summed E-state index contributed by atoms with van der Waals surface area (Å²) in [7, 11) is 1.59. The van der Waals surface area contributed by atoms with Gasteiger partial charge in [0.05, 0.1) is 20.0 Å². The standard InChI is InChI=1S/C19H22N4O3/c1-14(10-18(24)21-13-16-4-3-9-20-12-16)22-23-19(25)11-15-5-7-17(26-2)8-6-15/h3-9,12H,10-11,13H2,1-2H3,(H,21,24)(H,23,25)/b22-14+. The van der Waals surface area contributed by atoms with Gasteiger partial charge in [0.15, 0.2) is 0 Å². The molecule has 26 heavy (non-hydrogen) atoms. The van der Waals surface area contributed by atoms with E-state index in [1.807, 2.05) is 24.3 Å². The Balaban J connectivity index is 1.73. The lowest BCUT2D eigenvalue weighted by molar-refractivity contribution is -0.121. The Hall–Kier alpha value is -3.22. The number of hydrogen-bond acceptors (Lipinski definition) is 5. The molecule has 0 aliphatic heterocycles. The van der Waals surface area contributed by atoms with Crippen molar-refractivity contribution in [2.24, 2.45) is 5.10 Å². The summed E-state index contributed by atoms with van der Waals surface area (Å²) in [5, 5.41) is 6.75. The Labute approximate surface area is 152 Å². The van der Waals surface area contributed by atoms with Crippen molar-refractivity contribution in [1.29, 1.82) is 0 Å².